The summed E-state index contributed by atoms with van der Waals surface area (Å²) in [6, 6.07) is 7.31. The number of hydrogen-bond donors (Lipinski definition) is 2. The van der Waals surface area contributed by atoms with E-state index in [2.05, 4.69) is 10.6 Å². The monoisotopic (exact) mass is 232 g/mol. The van der Waals surface area contributed by atoms with E-state index in [9.17, 15) is 9.59 Å². The molecule has 2 amide bonds. The Kier molecular flexibility index (Phi) is 3.42. The fourth-order valence-electron chi connectivity index (χ4n) is 1.95. The Labute approximate surface area is 100 Å². The van der Waals surface area contributed by atoms with Gasteiger partial charge < -0.3 is 10.6 Å². The molecule has 0 saturated heterocycles. The number of carbonyl (C=O) groups excluding carboxylic acids is 2. The van der Waals surface area contributed by atoms with Gasteiger partial charge in [-0.2, -0.15) is 0 Å². The zero-order valence-corrected chi connectivity index (χ0v) is 9.82. The second-order valence-electron chi connectivity index (χ2n) is 4.16. The summed E-state index contributed by atoms with van der Waals surface area (Å²) in [6.07, 6.45) is 1.84. The van der Waals surface area contributed by atoms with Crippen molar-refractivity contribution in [2.45, 2.75) is 32.2 Å². The van der Waals surface area contributed by atoms with Crippen molar-refractivity contribution in [2.75, 3.05) is 5.32 Å². The average molecular weight is 232 g/mol. The zero-order chi connectivity index (χ0) is 12.3. The molecule has 90 valence electrons. The van der Waals surface area contributed by atoms with Crippen LogP contribution in [0.3, 0.4) is 0 Å². The maximum absolute atomic E-state index is 11.9. The molecule has 0 radical (unpaired) electrons. The third-order valence-corrected chi connectivity index (χ3v) is 2.95. The van der Waals surface area contributed by atoms with Crippen molar-refractivity contribution in [3.05, 3.63) is 29.8 Å². The number of anilines is 1. The second-order valence-corrected chi connectivity index (χ2v) is 4.16. The first-order chi connectivity index (χ1) is 8.20. The van der Waals surface area contributed by atoms with Crippen LogP contribution in [0.25, 0.3) is 0 Å². The van der Waals surface area contributed by atoms with Crippen molar-refractivity contribution in [2.24, 2.45) is 0 Å². The lowest BCUT2D eigenvalue weighted by Gasteiger charge is -2.14. The van der Waals surface area contributed by atoms with Gasteiger partial charge in [-0.3, -0.25) is 9.59 Å². The summed E-state index contributed by atoms with van der Waals surface area (Å²) in [7, 11) is 0. The quantitative estimate of drug-likeness (QED) is 0.811. The molecule has 1 atom stereocenters. The van der Waals surface area contributed by atoms with Gasteiger partial charge in [-0.25, -0.2) is 0 Å². The molecule has 0 unspecified atom stereocenters. The lowest BCUT2D eigenvalue weighted by atomic mass is 10.1. The van der Waals surface area contributed by atoms with Crippen LogP contribution in [-0.4, -0.2) is 17.9 Å². The molecule has 1 aromatic carbocycles. The standard InChI is InChI=1S/C13H16N2O2/c1-2-12(16)14-11-8-7-9-5-3-4-6-10(9)15-13(11)17/h3-6,11H,2,7-8H2,1H3,(H,14,16)(H,15,17)/t11-/m1/s1. The Hall–Kier alpha value is -1.84. The van der Waals surface area contributed by atoms with Gasteiger partial charge in [0.25, 0.3) is 0 Å². The molecule has 0 saturated carbocycles. The van der Waals surface area contributed by atoms with Crippen molar-refractivity contribution >= 4 is 17.5 Å². The van der Waals surface area contributed by atoms with Gasteiger partial charge in [0.05, 0.1) is 0 Å². The van der Waals surface area contributed by atoms with Gasteiger partial charge in [0.1, 0.15) is 6.04 Å². The normalized spacial score (nSPS) is 18.9. The van der Waals surface area contributed by atoms with Crippen molar-refractivity contribution in [3.63, 3.8) is 0 Å². The molecule has 1 aliphatic rings. The fourth-order valence-corrected chi connectivity index (χ4v) is 1.95. The molecule has 1 aromatic rings. The van der Waals surface area contributed by atoms with E-state index < -0.39 is 6.04 Å². The number of benzene rings is 1. The van der Waals surface area contributed by atoms with E-state index in [4.69, 9.17) is 0 Å². The van der Waals surface area contributed by atoms with Crippen molar-refractivity contribution < 1.29 is 9.59 Å². The predicted molar refractivity (Wildman–Crippen MR) is 65.6 cm³/mol. The number of hydrogen-bond acceptors (Lipinski definition) is 2. The fraction of sp³-hybridized carbons (Fsp3) is 0.385. The van der Waals surface area contributed by atoms with E-state index in [-0.39, 0.29) is 11.8 Å². The van der Waals surface area contributed by atoms with Gasteiger partial charge in [0.2, 0.25) is 11.8 Å². The minimum Gasteiger partial charge on any atom is -0.344 e. The van der Waals surface area contributed by atoms with Crippen LogP contribution in [0.1, 0.15) is 25.3 Å². The topological polar surface area (TPSA) is 58.2 Å². The number of carbonyl (C=O) groups is 2. The van der Waals surface area contributed by atoms with E-state index in [1.165, 1.54) is 0 Å². The SMILES string of the molecule is CCC(=O)N[C@@H]1CCc2ccccc2NC1=O. The largest absolute Gasteiger partial charge is 0.344 e. The molecule has 0 bridgehead atoms. The van der Waals surface area contributed by atoms with Gasteiger partial charge in [-0.05, 0) is 24.5 Å². The summed E-state index contributed by atoms with van der Waals surface area (Å²) in [6.45, 7) is 1.78. The lowest BCUT2D eigenvalue weighted by Crippen LogP contribution is -2.42. The van der Waals surface area contributed by atoms with Crippen molar-refractivity contribution in [3.8, 4) is 0 Å². The molecule has 0 fully saturated rings. The third kappa shape index (κ3) is 2.64. The number of fused-ring (bicyclic) bond motifs is 1. The van der Waals surface area contributed by atoms with Gasteiger partial charge in [0.15, 0.2) is 0 Å². The van der Waals surface area contributed by atoms with Gasteiger partial charge in [-0.15, -0.1) is 0 Å². The number of amides is 2. The Morgan fingerprint density at radius 3 is 3.00 bits per heavy atom. The van der Waals surface area contributed by atoms with Crippen LogP contribution in [0, 0.1) is 0 Å². The highest BCUT2D eigenvalue weighted by atomic mass is 16.2. The van der Waals surface area contributed by atoms with Gasteiger partial charge in [0, 0.05) is 12.1 Å². The van der Waals surface area contributed by atoms with Crippen molar-refractivity contribution in [1.29, 1.82) is 0 Å². The summed E-state index contributed by atoms with van der Waals surface area (Å²) in [5, 5.41) is 5.59. The molecule has 2 rings (SSSR count). The smallest absolute Gasteiger partial charge is 0.246 e. The molecule has 4 nitrogen and oxygen atoms in total. The van der Waals surface area contributed by atoms with Crippen LogP contribution in [0.15, 0.2) is 24.3 Å². The zero-order valence-electron chi connectivity index (χ0n) is 9.82. The summed E-state index contributed by atoms with van der Waals surface area (Å²) >= 11 is 0. The molecular weight excluding hydrogens is 216 g/mol. The number of rotatable bonds is 2. The van der Waals surface area contributed by atoms with E-state index in [1.54, 1.807) is 6.92 Å². The minimum atomic E-state index is -0.421. The Bertz CT molecular complexity index is 443. The maximum atomic E-state index is 11.9. The minimum absolute atomic E-state index is 0.0869. The summed E-state index contributed by atoms with van der Waals surface area (Å²) < 4.78 is 0. The third-order valence-electron chi connectivity index (χ3n) is 2.95. The first-order valence-electron chi connectivity index (χ1n) is 5.89. The second kappa shape index (κ2) is 4.99. The van der Waals surface area contributed by atoms with Crippen LogP contribution in [-0.2, 0) is 16.0 Å². The van der Waals surface area contributed by atoms with Crippen LogP contribution < -0.4 is 10.6 Å². The summed E-state index contributed by atoms with van der Waals surface area (Å²) in [5.41, 5.74) is 1.97. The van der Waals surface area contributed by atoms with E-state index in [1.807, 2.05) is 24.3 Å². The summed E-state index contributed by atoms with van der Waals surface area (Å²) in [5.74, 6) is -0.215. The highest BCUT2D eigenvalue weighted by molar-refractivity contribution is 5.98. The predicted octanol–water partition coefficient (Wildman–Crippen LogP) is 1.47. The molecule has 0 aliphatic carbocycles. The molecule has 1 heterocycles. The maximum Gasteiger partial charge on any atom is 0.246 e. The number of nitrogens with one attached hydrogen (secondary N) is 2. The molecule has 2 N–H and O–H groups in total. The van der Waals surface area contributed by atoms with Crippen LogP contribution in [0.4, 0.5) is 5.69 Å². The van der Waals surface area contributed by atoms with E-state index >= 15 is 0 Å². The Morgan fingerprint density at radius 1 is 1.47 bits per heavy atom. The number of aryl methyl sites for hydroxylation is 1. The first kappa shape index (κ1) is 11.6. The molecule has 0 spiro atoms. The number of para-hydroxylation sites is 1. The highest BCUT2D eigenvalue weighted by Gasteiger charge is 2.24. The summed E-state index contributed by atoms with van der Waals surface area (Å²) in [4.78, 5) is 23.2. The Morgan fingerprint density at radius 2 is 2.24 bits per heavy atom. The van der Waals surface area contributed by atoms with Crippen LogP contribution in [0.2, 0.25) is 0 Å². The molecule has 0 aromatic heterocycles. The Balaban J connectivity index is 2.12. The highest BCUT2D eigenvalue weighted by Crippen LogP contribution is 2.21. The average Bonchev–Trinajstić information content (AvgIpc) is 2.49. The molecular formula is C13H16N2O2. The van der Waals surface area contributed by atoms with Gasteiger partial charge >= 0.3 is 0 Å². The molecule has 17 heavy (non-hydrogen) atoms. The van der Waals surface area contributed by atoms with Crippen LogP contribution in [0.5, 0.6) is 0 Å². The first-order valence-corrected chi connectivity index (χ1v) is 5.89. The molecule has 4 heteroatoms. The van der Waals surface area contributed by atoms with Gasteiger partial charge in [-0.1, -0.05) is 25.1 Å². The van der Waals surface area contributed by atoms with E-state index in [0.717, 1.165) is 17.7 Å². The van der Waals surface area contributed by atoms with Crippen LogP contribution >= 0.6 is 0 Å². The molecule has 1 aliphatic heterocycles. The van der Waals surface area contributed by atoms with E-state index in [0.29, 0.717) is 12.8 Å². The lowest BCUT2D eigenvalue weighted by molar-refractivity contribution is -0.126. The van der Waals surface area contributed by atoms with Crippen molar-refractivity contribution in [1.82, 2.24) is 5.32 Å².